The summed E-state index contributed by atoms with van der Waals surface area (Å²) in [7, 11) is -1.25. The van der Waals surface area contributed by atoms with E-state index < -0.39 is 10.9 Å². The Morgan fingerprint density at radius 3 is 2.64 bits per heavy atom. The number of benzene rings is 1. The number of aromatic nitrogens is 3. The summed E-state index contributed by atoms with van der Waals surface area (Å²) in [5.41, 5.74) is 2.87. The van der Waals surface area contributed by atoms with Gasteiger partial charge in [0, 0.05) is 61.0 Å². The van der Waals surface area contributed by atoms with E-state index in [1.807, 2.05) is 31.2 Å². The van der Waals surface area contributed by atoms with Crippen LogP contribution in [0.25, 0.3) is 22.0 Å². The predicted octanol–water partition coefficient (Wildman–Crippen LogP) is 2.63. The highest BCUT2D eigenvalue weighted by Crippen LogP contribution is 2.35. The van der Waals surface area contributed by atoms with Crippen LogP contribution in [-0.2, 0) is 17.4 Å². The highest BCUT2D eigenvalue weighted by Gasteiger charge is 2.20. The largest absolute Gasteiger partial charge is 0.481 e. The molecule has 9 nitrogen and oxygen atoms in total. The van der Waals surface area contributed by atoms with Crippen LogP contribution in [0.2, 0.25) is 5.02 Å². The minimum atomic E-state index is -2.74. The van der Waals surface area contributed by atoms with Gasteiger partial charge in [-0.2, -0.15) is 0 Å². The summed E-state index contributed by atoms with van der Waals surface area (Å²) in [5.74, 6) is 1.22. The Kier molecular flexibility index (Phi) is 7.26. The number of methoxy groups -OCH3 is 1. The van der Waals surface area contributed by atoms with E-state index in [0.29, 0.717) is 16.5 Å². The Balaban J connectivity index is 1.73. The molecule has 1 aliphatic heterocycles. The van der Waals surface area contributed by atoms with Crippen LogP contribution in [0.5, 0.6) is 5.88 Å². The molecule has 1 N–H and O–H groups in total. The molecule has 0 aliphatic carbocycles. The van der Waals surface area contributed by atoms with Gasteiger partial charge in [0.1, 0.15) is 12.1 Å². The van der Waals surface area contributed by atoms with Crippen molar-refractivity contribution in [1.82, 2.24) is 24.6 Å². The summed E-state index contributed by atoms with van der Waals surface area (Å²) < 4.78 is 29.6. The van der Waals surface area contributed by atoms with Crippen molar-refractivity contribution in [2.45, 2.75) is 13.5 Å². The molecule has 1 aromatic carbocycles. The van der Waals surface area contributed by atoms with Crippen molar-refractivity contribution in [3.63, 3.8) is 0 Å². The van der Waals surface area contributed by atoms with Crippen molar-refractivity contribution in [3.05, 3.63) is 53.6 Å². The summed E-state index contributed by atoms with van der Waals surface area (Å²) in [5, 5.41) is 1.42. The van der Waals surface area contributed by atoms with E-state index in [-0.39, 0.29) is 6.54 Å². The van der Waals surface area contributed by atoms with Crippen molar-refractivity contribution in [3.8, 4) is 17.0 Å². The number of halogens is 1. The maximum absolute atomic E-state index is 11.0. The number of anilines is 1. The van der Waals surface area contributed by atoms with Crippen molar-refractivity contribution < 1.29 is 13.2 Å². The molecule has 4 rings (SSSR count). The zero-order chi connectivity index (χ0) is 23.4. The molecule has 0 bridgehead atoms. The molecular weight excluding hydrogens is 464 g/mol. The van der Waals surface area contributed by atoms with E-state index in [1.54, 1.807) is 12.5 Å². The summed E-state index contributed by atoms with van der Waals surface area (Å²) in [4.78, 5) is 17.9. The van der Waals surface area contributed by atoms with Gasteiger partial charge in [-0.05, 0) is 31.3 Å². The molecule has 1 fully saturated rings. The van der Waals surface area contributed by atoms with Gasteiger partial charge in [-0.1, -0.05) is 17.7 Å². The fourth-order valence-electron chi connectivity index (χ4n) is 3.94. The third-order valence-corrected chi connectivity index (χ3v) is 6.23. The standard InChI is InChI=1S/C22H25ClN6O3S/c1-3-4-28-5-7-29(8-6-28)21-18-10-17(19(23)11-20(18)25-14-26-21)15-9-16(13-27-33(30)31)22(32-2)24-12-15/h3-4,9-12,14,33H,5-8,13H2,1-2H3,(H,27,30,31). The number of piperazine rings is 1. The molecule has 33 heavy (non-hydrogen) atoms. The first-order valence-corrected chi connectivity index (χ1v) is 12.0. The molecule has 1 aliphatic rings. The second kappa shape index (κ2) is 10.3. The summed E-state index contributed by atoms with van der Waals surface area (Å²) in [6.45, 7) is 5.61. The van der Waals surface area contributed by atoms with Gasteiger partial charge in [0.05, 0.1) is 17.6 Å². The smallest absolute Gasteiger partial charge is 0.217 e. The van der Waals surface area contributed by atoms with Crippen molar-refractivity contribution in [1.29, 1.82) is 0 Å². The minimum absolute atomic E-state index is 0.0682. The average Bonchev–Trinajstić information content (AvgIpc) is 2.82. The van der Waals surface area contributed by atoms with Crippen molar-refractivity contribution in [2.75, 3.05) is 38.2 Å². The number of nitrogens with one attached hydrogen (secondary N) is 1. The third-order valence-electron chi connectivity index (χ3n) is 5.51. The summed E-state index contributed by atoms with van der Waals surface area (Å²) >= 11 is 6.62. The lowest BCUT2D eigenvalue weighted by Crippen LogP contribution is -2.44. The summed E-state index contributed by atoms with van der Waals surface area (Å²) in [6.07, 6.45) is 7.38. The molecule has 0 saturated carbocycles. The lowest BCUT2D eigenvalue weighted by Gasteiger charge is -2.35. The number of rotatable bonds is 7. The zero-order valence-electron chi connectivity index (χ0n) is 18.4. The highest BCUT2D eigenvalue weighted by molar-refractivity contribution is 7.70. The van der Waals surface area contributed by atoms with Crippen LogP contribution in [0.1, 0.15) is 12.5 Å². The van der Waals surface area contributed by atoms with Gasteiger partial charge < -0.3 is 14.5 Å². The van der Waals surface area contributed by atoms with Crippen LogP contribution in [-0.4, -0.2) is 61.6 Å². The van der Waals surface area contributed by atoms with Gasteiger partial charge in [-0.15, -0.1) is 0 Å². The molecule has 0 atom stereocenters. The number of hydrogen-bond donors (Lipinski definition) is 2. The van der Waals surface area contributed by atoms with Crippen LogP contribution < -0.4 is 14.4 Å². The van der Waals surface area contributed by atoms with E-state index in [0.717, 1.165) is 54.0 Å². The molecule has 3 heterocycles. The minimum Gasteiger partial charge on any atom is -0.481 e. The number of ether oxygens (including phenoxy) is 1. The molecule has 3 aromatic rings. The molecular formula is C22H25ClN6O3S. The molecule has 2 aromatic heterocycles. The second-order valence-electron chi connectivity index (χ2n) is 7.54. The first kappa shape index (κ1) is 23.2. The van der Waals surface area contributed by atoms with Crippen LogP contribution in [0, 0.1) is 0 Å². The quantitative estimate of drug-likeness (QED) is 0.489. The van der Waals surface area contributed by atoms with Crippen molar-refractivity contribution >= 4 is 39.2 Å². The van der Waals surface area contributed by atoms with Gasteiger partial charge in [-0.25, -0.2) is 28.1 Å². The van der Waals surface area contributed by atoms with Gasteiger partial charge >= 0.3 is 0 Å². The lowest BCUT2D eigenvalue weighted by atomic mass is 10.0. The maximum atomic E-state index is 11.0. The fourth-order valence-corrected chi connectivity index (χ4v) is 4.50. The molecule has 11 heteroatoms. The number of allylic oxidation sites excluding steroid dienone is 1. The van der Waals surface area contributed by atoms with Crippen LogP contribution >= 0.6 is 11.6 Å². The van der Waals surface area contributed by atoms with Crippen LogP contribution in [0.4, 0.5) is 5.82 Å². The maximum Gasteiger partial charge on any atom is 0.217 e. The van der Waals surface area contributed by atoms with E-state index >= 15 is 0 Å². The van der Waals surface area contributed by atoms with Gasteiger partial charge in [0.25, 0.3) is 0 Å². The van der Waals surface area contributed by atoms with Crippen LogP contribution in [0.3, 0.4) is 0 Å². The number of pyridine rings is 1. The average molecular weight is 489 g/mol. The van der Waals surface area contributed by atoms with E-state index in [1.165, 1.54) is 7.11 Å². The molecule has 0 unspecified atom stereocenters. The molecule has 0 amide bonds. The summed E-state index contributed by atoms with van der Waals surface area (Å²) in [6, 6.07) is 5.62. The first-order valence-electron chi connectivity index (χ1n) is 10.5. The van der Waals surface area contributed by atoms with E-state index in [2.05, 4.69) is 35.7 Å². The Bertz CT molecular complexity index is 1250. The van der Waals surface area contributed by atoms with Crippen LogP contribution in [0.15, 0.2) is 43.0 Å². The van der Waals surface area contributed by atoms with Gasteiger partial charge in [0.15, 0.2) is 0 Å². The Morgan fingerprint density at radius 2 is 1.94 bits per heavy atom. The molecule has 1 saturated heterocycles. The molecule has 0 spiro atoms. The predicted molar refractivity (Wildman–Crippen MR) is 130 cm³/mol. The monoisotopic (exact) mass is 488 g/mol. The third kappa shape index (κ3) is 5.18. The second-order valence-corrected chi connectivity index (χ2v) is 8.77. The SMILES string of the molecule is CC=CN1CCN(c2ncnc3cc(Cl)c(-c4cnc(OC)c(CN[SH](=O)=O)c4)cc23)CC1. The van der Waals surface area contributed by atoms with Gasteiger partial charge in [0.2, 0.25) is 16.8 Å². The van der Waals surface area contributed by atoms with Crippen molar-refractivity contribution in [2.24, 2.45) is 0 Å². The first-order chi connectivity index (χ1) is 16.0. The Morgan fingerprint density at radius 1 is 1.15 bits per heavy atom. The zero-order valence-corrected chi connectivity index (χ0v) is 20.0. The van der Waals surface area contributed by atoms with Gasteiger partial charge in [-0.3, -0.25) is 0 Å². The molecule has 174 valence electrons. The van der Waals surface area contributed by atoms with E-state index in [9.17, 15) is 8.42 Å². The Hall–Kier alpha value is -2.95. The number of thiol groups is 1. The molecule has 0 radical (unpaired) electrons. The number of hydrogen-bond acceptors (Lipinski definition) is 8. The number of fused-ring (bicyclic) bond motifs is 1. The number of nitrogens with zero attached hydrogens (tertiary/aromatic N) is 5. The lowest BCUT2D eigenvalue weighted by molar-refractivity contribution is 0.348. The van der Waals surface area contributed by atoms with E-state index in [4.69, 9.17) is 16.3 Å². The normalized spacial score (nSPS) is 14.5. The fraction of sp³-hybridized carbons (Fsp3) is 0.318. The Labute approximate surface area is 199 Å². The topological polar surface area (TPSA) is 101 Å². The highest BCUT2D eigenvalue weighted by atomic mass is 35.5.